The highest BCUT2D eigenvalue weighted by Gasteiger charge is 2.16. The molecule has 0 radical (unpaired) electrons. The highest BCUT2D eigenvalue weighted by Crippen LogP contribution is 2.26. The van der Waals surface area contributed by atoms with Crippen molar-refractivity contribution < 1.29 is 14.7 Å². The van der Waals surface area contributed by atoms with Gasteiger partial charge in [-0.15, -0.1) is 0 Å². The number of carbonyl (C=O) groups excluding carboxylic acids is 1. The monoisotopic (exact) mass is 314 g/mol. The van der Waals surface area contributed by atoms with Crippen molar-refractivity contribution in [2.75, 3.05) is 18.9 Å². The van der Waals surface area contributed by atoms with Crippen LogP contribution in [0, 0.1) is 0 Å². The highest BCUT2D eigenvalue weighted by atomic mass is 79.9. The smallest absolute Gasteiger partial charge is 0.337 e. The molecule has 2 amide bonds. The topological polar surface area (TPSA) is 69.6 Å². The number of carbonyl (C=O) groups is 2. The first-order chi connectivity index (χ1) is 8.47. The number of urea groups is 1. The first kappa shape index (κ1) is 14.5. The zero-order valence-electron chi connectivity index (χ0n) is 10.2. The van der Waals surface area contributed by atoms with Crippen LogP contribution in [-0.2, 0) is 0 Å². The molecule has 0 aliphatic carbocycles. The van der Waals surface area contributed by atoms with Gasteiger partial charge in [0.25, 0.3) is 0 Å². The molecular weight excluding hydrogens is 300 g/mol. The van der Waals surface area contributed by atoms with Crippen molar-refractivity contribution >= 4 is 33.6 Å². The zero-order valence-corrected chi connectivity index (χ0v) is 11.8. The lowest BCUT2D eigenvalue weighted by Gasteiger charge is -2.18. The van der Waals surface area contributed by atoms with Gasteiger partial charge in [-0.1, -0.05) is 13.0 Å². The van der Waals surface area contributed by atoms with Crippen LogP contribution in [0.3, 0.4) is 0 Å². The van der Waals surface area contributed by atoms with Crippen LogP contribution in [0.25, 0.3) is 0 Å². The number of anilines is 1. The second-order valence-electron chi connectivity index (χ2n) is 3.82. The summed E-state index contributed by atoms with van der Waals surface area (Å²) >= 11 is 3.24. The minimum Gasteiger partial charge on any atom is -0.478 e. The Balaban J connectivity index is 2.96. The fraction of sp³-hybridized carbons (Fsp3) is 0.333. The summed E-state index contributed by atoms with van der Waals surface area (Å²) < 4.78 is 0.542. The summed E-state index contributed by atoms with van der Waals surface area (Å²) in [7, 11) is 1.66. The Bertz CT molecular complexity index is 463. The molecular formula is C12H15BrN2O3. The molecule has 0 unspecified atom stereocenters. The molecule has 1 aromatic rings. The lowest BCUT2D eigenvalue weighted by Crippen LogP contribution is -2.32. The molecule has 0 spiro atoms. The van der Waals surface area contributed by atoms with E-state index in [0.717, 1.165) is 6.42 Å². The summed E-state index contributed by atoms with van der Waals surface area (Å²) in [5.41, 5.74) is 0.334. The van der Waals surface area contributed by atoms with Crippen LogP contribution in [0.2, 0.25) is 0 Å². The molecule has 6 heteroatoms. The number of nitrogens with zero attached hydrogens (tertiary/aromatic N) is 1. The van der Waals surface area contributed by atoms with E-state index >= 15 is 0 Å². The second-order valence-corrected chi connectivity index (χ2v) is 4.67. The van der Waals surface area contributed by atoms with Gasteiger partial charge in [-0.05, 0) is 34.5 Å². The lowest BCUT2D eigenvalue weighted by molar-refractivity contribution is 0.0698. The maximum absolute atomic E-state index is 11.8. The predicted molar refractivity (Wildman–Crippen MR) is 73.0 cm³/mol. The Kier molecular flexibility index (Phi) is 5.15. The van der Waals surface area contributed by atoms with Crippen molar-refractivity contribution in [1.82, 2.24) is 4.90 Å². The van der Waals surface area contributed by atoms with Gasteiger partial charge in [-0.2, -0.15) is 0 Å². The summed E-state index contributed by atoms with van der Waals surface area (Å²) in [4.78, 5) is 24.4. The van der Waals surface area contributed by atoms with Crippen molar-refractivity contribution in [1.29, 1.82) is 0 Å². The Morgan fingerprint density at radius 2 is 2.11 bits per heavy atom. The van der Waals surface area contributed by atoms with E-state index < -0.39 is 5.97 Å². The Morgan fingerprint density at radius 3 is 2.67 bits per heavy atom. The van der Waals surface area contributed by atoms with Crippen LogP contribution in [0.1, 0.15) is 23.7 Å². The number of nitrogens with one attached hydrogen (secondary N) is 1. The van der Waals surface area contributed by atoms with E-state index in [9.17, 15) is 9.59 Å². The Morgan fingerprint density at radius 1 is 1.44 bits per heavy atom. The van der Waals surface area contributed by atoms with E-state index in [1.807, 2.05) is 6.92 Å². The summed E-state index contributed by atoms with van der Waals surface area (Å²) in [6.45, 7) is 2.57. The van der Waals surface area contributed by atoms with Gasteiger partial charge >= 0.3 is 12.0 Å². The van der Waals surface area contributed by atoms with Gasteiger partial charge in [0.15, 0.2) is 0 Å². The number of hydrogen-bond acceptors (Lipinski definition) is 2. The Labute approximate surface area is 114 Å². The van der Waals surface area contributed by atoms with E-state index in [1.165, 1.54) is 11.0 Å². The van der Waals surface area contributed by atoms with Crippen LogP contribution in [0.4, 0.5) is 10.5 Å². The summed E-state index contributed by atoms with van der Waals surface area (Å²) in [6.07, 6.45) is 0.839. The molecule has 0 aliphatic rings. The predicted octanol–water partition coefficient (Wildman–Crippen LogP) is 3.02. The average Bonchev–Trinajstić information content (AvgIpc) is 2.31. The molecule has 18 heavy (non-hydrogen) atoms. The molecule has 0 aromatic heterocycles. The zero-order chi connectivity index (χ0) is 13.7. The van der Waals surface area contributed by atoms with Crippen molar-refractivity contribution in [3.05, 3.63) is 28.2 Å². The summed E-state index contributed by atoms with van der Waals surface area (Å²) in [5.74, 6) is -1.08. The van der Waals surface area contributed by atoms with E-state index in [-0.39, 0.29) is 17.3 Å². The van der Waals surface area contributed by atoms with E-state index in [2.05, 4.69) is 21.2 Å². The minimum absolute atomic E-state index is 0.0580. The van der Waals surface area contributed by atoms with Crippen LogP contribution in [0.15, 0.2) is 22.7 Å². The van der Waals surface area contributed by atoms with Gasteiger partial charge in [-0.25, -0.2) is 9.59 Å². The first-order valence-corrected chi connectivity index (χ1v) is 6.30. The number of para-hydroxylation sites is 1. The van der Waals surface area contributed by atoms with Gasteiger partial charge in [-0.3, -0.25) is 0 Å². The highest BCUT2D eigenvalue weighted by molar-refractivity contribution is 9.10. The molecule has 0 atom stereocenters. The third-order valence-electron chi connectivity index (χ3n) is 2.38. The van der Waals surface area contributed by atoms with Crippen LogP contribution < -0.4 is 5.32 Å². The van der Waals surface area contributed by atoms with Gasteiger partial charge in [0.05, 0.1) is 11.3 Å². The van der Waals surface area contributed by atoms with E-state index in [1.54, 1.807) is 19.2 Å². The number of benzene rings is 1. The molecule has 2 N–H and O–H groups in total. The van der Waals surface area contributed by atoms with E-state index in [0.29, 0.717) is 11.0 Å². The normalized spacial score (nSPS) is 9.94. The van der Waals surface area contributed by atoms with E-state index in [4.69, 9.17) is 5.11 Å². The Hall–Kier alpha value is -1.56. The van der Waals surface area contributed by atoms with Crippen molar-refractivity contribution in [3.63, 3.8) is 0 Å². The van der Waals surface area contributed by atoms with Crippen molar-refractivity contribution in [2.45, 2.75) is 13.3 Å². The molecule has 0 fully saturated rings. The molecule has 98 valence electrons. The number of carboxylic acids is 1. The maximum atomic E-state index is 11.8. The van der Waals surface area contributed by atoms with Crippen molar-refractivity contribution in [3.8, 4) is 0 Å². The minimum atomic E-state index is -1.08. The third-order valence-corrected chi connectivity index (χ3v) is 3.04. The number of carboxylic acid groups (broad SMARTS) is 1. The first-order valence-electron chi connectivity index (χ1n) is 5.51. The third kappa shape index (κ3) is 3.46. The molecule has 1 aromatic carbocycles. The van der Waals surface area contributed by atoms with Gasteiger partial charge in [0.2, 0.25) is 0 Å². The standard InChI is InChI=1S/C12H15BrN2O3/c1-3-7-15(2)12(18)14-10-8(11(16)17)5-4-6-9(10)13/h4-6H,3,7H2,1-2H3,(H,14,18)(H,16,17). The lowest BCUT2D eigenvalue weighted by atomic mass is 10.2. The number of amides is 2. The average molecular weight is 315 g/mol. The molecule has 0 saturated heterocycles. The quantitative estimate of drug-likeness (QED) is 0.897. The SMILES string of the molecule is CCCN(C)C(=O)Nc1c(Br)cccc1C(=O)O. The second kappa shape index (κ2) is 6.39. The van der Waals surface area contributed by atoms with Crippen LogP contribution in [-0.4, -0.2) is 35.6 Å². The molecule has 0 saturated carbocycles. The number of aromatic carboxylic acids is 1. The number of rotatable bonds is 4. The van der Waals surface area contributed by atoms with Crippen molar-refractivity contribution in [2.24, 2.45) is 0 Å². The molecule has 0 aliphatic heterocycles. The van der Waals surface area contributed by atoms with Crippen LogP contribution in [0.5, 0.6) is 0 Å². The van der Waals surface area contributed by atoms with Gasteiger partial charge in [0.1, 0.15) is 0 Å². The van der Waals surface area contributed by atoms with Gasteiger partial charge < -0.3 is 15.3 Å². The maximum Gasteiger partial charge on any atom is 0.337 e. The fourth-order valence-electron chi connectivity index (χ4n) is 1.47. The molecule has 5 nitrogen and oxygen atoms in total. The summed E-state index contributed by atoms with van der Waals surface area (Å²) in [5, 5.41) is 11.7. The van der Waals surface area contributed by atoms with Crippen LogP contribution >= 0.6 is 15.9 Å². The largest absolute Gasteiger partial charge is 0.478 e. The summed E-state index contributed by atoms with van der Waals surface area (Å²) in [6, 6.07) is 4.41. The number of halogens is 1. The van der Waals surface area contributed by atoms with Gasteiger partial charge in [0, 0.05) is 18.1 Å². The molecule has 0 heterocycles. The molecule has 0 bridgehead atoms. The number of hydrogen-bond donors (Lipinski definition) is 2. The molecule has 1 rings (SSSR count). The fourth-order valence-corrected chi connectivity index (χ4v) is 1.93.